The van der Waals surface area contributed by atoms with E-state index in [-0.39, 0.29) is 18.4 Å². The summed E-state index contributed by atoms with van der Waals surface area (Å²) in [5.74, 6) is -1.15. The van der Waals surface area contributed by atoms with Crippen molar-refractivity contribution in [2.24, 2.45) is 0 Å². The summed E-state index contributed by atoms with van der Waals surface area (Å²) in [6.45, 7) is -0.0148. The molecule has 0 bridgehead atoms. The number of hydrogen-bond acceptors (Lipinski definition) is 4. The Hall–Kier alpha value is -4.71. The lowest BCUT2D eigenvalue weighted by atomic mass is 10.0. The molecule has 0 fully saturated rings. The molecule has 0 saturated heterocycles. The second-order valence-electron chi connectivity index (χ2n) is 8.94. The van der Waals surface area contributed by atoms with Crippen LogP contribution in [0.2, 0.25) is 0 Å². The second kappa shape index (κ2) is 13.6. The van der Waals surface area contributed by atoms with E-state index >= 15 is 0 Å². The Balaban J connectivity index is 1.50. The molecule has 0 spiro atoms. The van der Waals surface area contributed by atoms with E-state index in [1.165, 1.54) is 0 Å². The lowest BCUT2D eigenvalue weighted by Gasteiger charge is -2.24. The zero-order chi connectivity index (χ0) is 26.6. The Kier molecular flexibility index (Phi) is 9.40. The molecule has 0 saturated carbocycles. The zero-order valence-electron chi connectivity index (χ0n) is 21.0. The topological polar surface area (TPSA) is 84.5 Å². The molecular weight excluding hydrogens is 476 g/mol. The van der Waals surface area contributed by atoms with Crippen LogP contribution < -0.4 is 10.6 Å². The summed E-state index contributed by atoms with van der Waals surface area (Å²) in [7, 11) is 0. The molecule has 0 radical (unpaired) electrons. The van der Waals surface area contributed by atoms with Gasteiger partial charge < -0.3 is 15.4 Å². The lowest BCUT2D eigenvalue weighted by molar-refractivity contribution is -0.124. The van der Waals surface area contributed by atoms with Gasteiger partial charge in [-0.2, -0.15) is 0 Å². The molecule has 0 aliphatic carbocycles. The highest BCUT2D eigenvalue weighted by atomic mass is 16.5. The summed E-state index contributed by atoms with van der Waals surface area (Å²) in [5, 5.41) is 5.90. The minimum absolute atomic E-state index is 0.0148. The van der Waals surface area contributed by atoms with Gasteiger partial charge in [-0.05, 0) is 41.8 Å². The fourth-order valence-corrected chi connectivity index (χ4v) is 4.08. The van der Waals surface area contributed by atoms with Crippen LogP contribution in [0.25, 0.3) is 0 Å². The molecule has 6 heteroatoms. The van der Waals surface area contributed by atoms with Gasteiger partial charge in [0.25, 0.3) is 5.91 Å². The number of hydrogen-bond donors (Lipinski definition) is 2. The Bertz CT molecular complexity index is 1310. The van der Waals surface area contributed by atoms with Gasteiger partial charge in [0.1, 0.15) is 12.6 Å². The van der Waals surface area contributed by atoms with Crippen LogP contribution in [-0.2, 0) is 22.4 Å². The van der Waals surface area contributed by atoms with Crippen LogP contribution in [0, 0.1) is 0 Å². The number of esters is 1. The fourth-order valence-electron chi connectivity index (χ4n) is 4.08. The first-order valence-electron chi connectivity index (χ1n) is 12.5. The molecule has 0 aromatic heterocycles. The largest absolute Gasteiger partial charge is 0.460 e. The van der Waals surface area contributed by atoms with Gasteiger partial charge in [-0.1, -0.05) is 97.1 Å². The Morgan fingerprint density at radius 1 is 0.579 bits per heavy atom. The van der Waals surface area contributed by atoms with Crippen molar-refractivity contribution < 1.29 is 19.1 Å². The summed E-state index contributed by atoms with van der Waals surface area (Å²) in [6.07, 6.45) is 0.770. The maximum Gasteiger partial charge on any atom is 0.338 e. The third-order valence-electron chi connectivity index (χ3n) is 6.04. The molecule has 2 N–H and O–H groups in total. The van der Waals surface area contributed by atoms with Gasteiger partial charge >= 0.3 is 5.97 Å². The molecule has 0 heterocycles. The van der Waals surface area contributed by atoms with Crippen molar-refractivity contribution in [1.82, 2.24) is 10.6 Å². The minimum Gasteiger partial charge on any atom is -0.460 e. The van der Waals surface area contributed by atoms with Crippen molar-refractivity contribution in [2.75, 3.05) is 6.61 Å². The molecule has 2 atom stereocenters. The lowest BCUT2D eigenvalue weighted by Crippen LogP contribution is -2.52. The highest BCUT2D eigenvalue weighted by molar-refractivity contribution is 5.97. The van der Waals surface area contributed by atoms with Crippen LogP contribution in [-0.4, -0.2) is 36.5 Å². The van der Waals surface area contributed by atoms with E-state index in [4.69, 9.17) is 4.74 Å². The second-order valence-corrected chi connectivity index (χ2v) is 8.94. The fraction of sp³-hybridized carbons (Fsp3) is 0.156. The van der Waals surface area contributed by atoms with Crippen LogP contribution in [0.15, 0.2) is 121 Å². The van der Waals surface area contributed by atoms with E-state index in [1.54, 1.807) is 48.5 Å². The molecule has 192 valence electrons. The SMILES string of the molecule is O=C(N[C@@H](Cc1ccccc1)C(=O)N[C@H](COC(=O)c1ccccc1)Cc1ccccc1)c1ccccc1. The first kappa shape index (κ1) is 26.4. The summed E-state index contributed by atoms with van der Waals surface area (Å²) < 4.78 is 5.57. The number of carbonyl (C=O) groups excluding carboxylic acids is 3. The molecule has 4 aromatic carbocycles. The van der Waals surface area contributed by atoms with Crippen LogP contribution in [0.4, 0.5) is 0 Å². The van der Waals surface area contributed by atoms with Crippen molar-refractivity contribution in [3.05, 3.63) is 144 Å². The summed E-state index contributed by atoms with van der Waals surface area (Å²) in [6, 6.07) is 35.4. The monoisotopic (exact) mass is 506 g/mol. The highest BCUT2D eigenvalue weighted by Gasteiger charge is 2.25. The predicted octanol–water partition coefficient (Wildman–Crippen LogP) is 4.61. The van der Waals surface area contributed by atoms with E-state index in [2.05, 4.69) is 10.6 Å². The number of carbonyl (C=O) groups is 3. The van der Waals surface area contributed by atoms with Crippen molar-refractivity contribution in [1.29, 1.82) is 0 Å². The third-order valence-corrected chi connectivity index (χ3v) is 6.04. The number of rotatable bonds is 11. The smallest absolute Gasteiger partial charge is 0.338 e. The first-order valence-corrected chi connectivity index (χ1v) is 12.5. The molecule has 6 nitrogen and oxygen atoms in total. The van der Waals surface area contributed by atoms with Crippen LogP contribution in [0.3, 0.4) is 0 Å². The molecule has 4 rings (SSSR count). The van der Waals surface area contributed by atoms with E-state index in [0.29, 0.717) is 24.0 Å². The first-order chi connectivity index (χ1) is 18.6. The Morgan fingerprint density at radius 2 is 1.05 bits per heavy atom. The van der Waals surface area contributed by atoms with Gasteiger partial charge in [0, 0.05) is 12.0 Å². The minimum atomic E-state index is -0.826. The van der Waals surface area contributed by atoms with Crippen LogP contribution >= 0.6 is 0 Å². The van der Waals surface area contributed by atoms with Crippen molar-refractivity contribution >= 4 is 17.8 Å². The third kappa shape index (κ3) is 7.90. The quantitative estimate of drug-likeness (QED) is 0.291. The average Bonchev–Trinajstić information content (AvgIpc) is 2.97. The van der Waals surface area contributed by atoms with Crippen molar-refractivity contribution in [3.8, 4) is 0 Å². The van der Waals surface area contributed by atoms with E-state index in [0.717, 1.165) is 11.1 Å². The van der Waals surface area contributed by atoms with E-state index < -0.39 is 18.1 Å². The summed E-state index contributed by atoms with van der Waals surface area (Å²) in [4.78, 5) is 39.1. The molecule has 0 aliphatic rings. The van der Waals surface area contributed by atoms with Gasteiger partial charge in [0.2, 0.25) is 5.91 Å². The van der Waals surface area contributed by atoms with Crippen molar-refractivity contribution in [2.45, 2.75) is 24.9 Å². The van der Waals surface area contributed by atoms with Gasteiger partial charge in [-0.15, -0.1) is 0 Å². The number of benzene rings is 4. The maximum absolute atomic E-state index is 13.6. The zero-order valence-corrected chi connectivity index (χ0v) is 21.0. The van der Waals surface area contributed by atoms with E-state index in [9.17, 15) is 14.4 Å². The Morgan fingerprint density at radius 3 is 1.61 bits per heavy atom. The van der Waals surface area contributed by atoms with Gasteiger partial charge in [-0.3, -0.25) is 9.59 Å². The molecule has 2 amide bonds. The average molecular weight is 507 g/mol. The predicted molar refractivity (Wildman–Crippen MR) is 147 cm³/mol. The normalized spacial score (nSPS) is 12.1. The Labute approximate surface area is 222 Å². The standard InChI is InChI=1S/C32H30N2O4/c35-30(26-17-9-3-10-18-26)34-29(22-25-15-7-2-8-16-25)31(36)33-28(21-24-13-5-1-6-14-24)23-38-32(37)27-19-11-4-12-20-27/h1-20,28-29H,21-23H2,(H,33,36)(H,34,35)/t28-,29-/m0/s1. The van der Waals surface area contributed by atoms with E-state index in [1.807, 2.05) is 72.8 Å². The number of ether oxygens (including phenoxy) is 1. The highest BCUT2D eigenvalue weighted by Crippen LogP contribution is 2.10. The van der Waals surface area contributed by atoms with Gasteiger partial charge in [0.15, 0.2) is 0 Å². The number of amides is 2. The van der Waals surface area contributed by atoms with Gasteiger partial charge in [0.05, 0.1) is 11.6 Å². The van der Waals surface area contributed by atoms with Crippen LogP contribution in [0.1, 0.15) is 31.8 Å². The molecule has 4 aromatic rings. The van der Waals surface area contributed by atoms with Gasteiger partial charge in [-0.25, -0.2) is 4.79 Å². The van der Waals surface area contributed by atoms with Crippen LogP contribution in [0.5, 0.6) is 0 Å². The molecule has 0 unspecified atom stereocenters. The maximum atomic E-state index is 13.6. The molecule has 38 heavy (non-hydrogen) atoms. The molecular formula is C32H30N2O4. The molecule has 0 aliphatic heterocycles. The summed E-state index contributed by atoms with van der Waals surface area (Å²) in [5.41, 5.74) is 2.81. The number of nitrogens with one attached hydrogen (secondary N) is 2. The summed E-state index contributed by atoms with van der Waals surface area (Å²) >= 11 is 0. The van der Waals surface area contributed by atoms with Crippen molar-refractivity contribution in [3.63, 3.8) is 0 Å².